The summed E-state index contributed by atoms with van der Waals surface area (Å²) in [6.45, 7) is 1.30. The van der Waals surface area contributed by atoms with Gasteiger partial charge in [-0.2, -0.15) is 0 Å². The second-order valence-corrected chi connectivity index (χ2v) is 7.58. The number of aromatic nitrogens is 1. The SMILES string of the molecule is O=S(=O)(NC1COC1)c1cnc(OCCC2=CC=C2)c(Br)c1. The van der Waals surface area contributed by atoms with Gasteiger partial charge in [-0.3, -0.25) is 0 Å². The summed E-state index contributed by atoms with van der Waals surface area (Å²) in [5, 5.41) is 0. The highest BCUT2D eigenvalue weighted by molar-refractivity contribution is 9.10. The van der Waals surface area contributed by atoms with Crippen molar-refractivity contribution in [3.8, 4) is 5.88 Å². The van der Waals surface area contributed by atoms with Crippen LogP contribution in [-0.2, 0) is 14.8 Å². The first-order chi connectivity index (χ1) is 10.5. The zero-order chi connectivity index (χ0) is 15.6. The van der Waals surface area contributed by atoms with Crippen molar-refractivity contribution in [2.75, 3.05) is 19.8 Å². The van der Waals surface area contributed by atoms with Crippen LogP contribution in [-0.4, -0.2) is 39.3 Å². The van der Waals surface area contributed by atoms with E-state index in [0.29, 0.717) is 30.2 Å². The molecule has 118 valence electrons. The van der Waals surface area contributed by atoms with Gasteiger partial charge >= 0.3 is 0 Å². The van der Waals surface area contributed by atoms with Crippen molar-refractivity contribution in [2.24, 2.45) is 0 Å². The number of pyridine rings is 1. The third-order valence-corrected chi connectivity index (χ3v) is 5.36. The maximum atomic E-state index is 12.2. The number of hydrogen-bond donors (Lipinski definition) is 1. The second kappa shape index (κ2) is 6.49. The normalized spacial score (nSPS) is 17.6. The number of nitrogens with one attached hydrogen (secondary N) is 1. The molecule has 0 radical (unpaired) electrons. The van der Waals surface area contributed by atoms with E-state index in [1.807, 2.05) is 18.2 Å². The Hall–Kier alpha value is -1.22. The third kappa shape index (κ3) is 3.57. The molecule has 0 saturated carbocycles. The molecule has 1 fully saturated rings. The van der Waals surface area contributed by atoms with Crippen molar-refractivity contribution in [3.63, 3.8) is 0 Å². The maximum absolute atomic E-state index is 12.2. The van der Waals surface area contributed by atoms with Gasteiger partial charge in [-0.15, -0.1) is 0 Å². The van der Waals surface area contributed by atoms with E-state index in [-0.39, 0.29) is 10.9 Å². The number of rotatable bonds is 7. The molecule has 2 aliphatic rings. The minimum absolute atomic E-state index is 0.100. The minimum atomic E-state index is -3.58. The Morgan fingerprint density at radius 1 is 1.45 bits per heavy atom. The number of sulfonamides is 1. The lowest BCUT2D eigenvalue weighted by Gasteiger charge is -2.26. The van der Waals surface area contributed by atoms with Crippen LogP contribution < -0.4 is 9.46 Å². The maximum Gasteiger partial charge on any atom is 0.242 e. The molecule has 22 heavy (non-hydrogen) atoms. The standard InChI is InChI=1S/C14H15BrN2O4S/c15-13-6-12(22(18,19)17-11-8-20-9-11)7-16-14(13)21-5-4-10-2-1-3-10/h1-3,6-7,11,17H,4-5,8-9H2. The first kappa shape index (κ1) is 15.7. The minimum Gasteiger partial charge on any atom is -0.477 e. The Morgan fingerprint density at radius 3 is 2.77 bits per heavy atom. The van der Waals surface area contributed by atoms with Crippen LogP contribution in [0.15, 0.2) is 45.4 Å². The molecule has 6 nitrogen and oxygen atoms in total. The highest BCUT2D eigenvalue weighted by Crippen LogP contribution is 2.26. The Kier molecular flexibility index (Phi) is 4.62. The molecule has 1 saturated heterocycles. The van der Waals surface area contributed by atoms with Crippen LogP contribution >= 0.6 is 15.9 Å². The third-order valence-electron chi connectivity index (χ3n) is 3.30. The molecule has 3 rings (SSSR count). The fraction of sp³-hybridized carbons (Fsp3) is 0.357. The number of allylic oxidation sites excluding steroid dienone is 3. The molecule has 8 heteroatoms. The van der Waals surface area contributed by atoms with Gasteiger partial charge in [-0.1, -0.05) is 18.2 Å². The zero-order valence-electron chi connectivity index (χ0n) is 11.7. The zero-order valence-corrected chi connectivity index (χ0v) is 14.1. The van der Waals surface area contributed by atoms with Crippen molar-refractivity contribution in [1.82, 2.24) is 9.71 Å². The summed E-state index contributed by atoms with van der Waals surface area (Å²) < 4.78 is 37.9. The number of hydrogen-bond acceptors (Lipinski definition) is 5. The summed E-state index contributed by atoms with van der Waals surface area (Å²) in [5.74, 6) is 0.384. The largest absolute Gasteiger partial charge is 0.477 e. The van der Waals surface area contributed by atoms with Crippen molar-refractivity contribution < 1.29 is 17.9 Å². The average Bonchev–Trinajstić information content (AvgIpc) is 2.38. The summed E-state index contributed by atoms with van der Waals surface area (Å²) in [6.07, 6.45) is 8.12. The fourth-order valence-corrected chi connectivity index (χ4v) is 3.71. The quantitative estimate of drug-likeness (QED) is 0.772. The molecule has 1 aliphatic carbocycles. The van der Waals surface area contributed by atoms with Gasteiger partial charge in [-0.05, 0) is 27.6 Å². The van der Waals surface area contributed by atoms with Crippen molar-refractivity contribution in [3.05, 3.63) is 40.5 Å². The van der Waals surface area contributed by atoms with E-state index in [1.54, 1.807) is 0 Å². The molecule has 1 aromatic rings. The van der Waals surface area contributed by atoms with Gasteiger partial charge in [-0.25, -0.2) is 18.1 Å². The van der Waals surface area contributed by atoms with Crippen LogP contribution in [0.5, 0.6) is 5.88 Å². The first-order valence-electron chi connectivity index (χ1n) is 6.80. The summed E-state index contributed by atoms with van der Waals surface area (Å²) >= 11 is 3.30. The monoisotopic (exact) mass is 386 g/mol. The predicted octanol–water partition coefficient (Wildman–Crippen LogP) is 1.79. The Bertz CT molecular complexity index is 726. The van der Waals surface area contributed by atoms with Crippen LogP contribution in [0.25, 0.3) is 0 Å². The van der Waals surface area contributed by atoms with Gasteiger partial charge in [0.2, 0.25) is 15.9 Å². The lowest BCUT2D eigenvalue weighted by Crippen LogP contribution is -2.48. The average molecular weight is 387 g/mol. The molecule has 1 N–H and O–H groups in total. The summed E-state index contributed by atoms with van der Waals surface area (Å²) in [6, 6.07) is 1.33. The lowest BCUT2D eigenvalue weighted by molar-refractivity contribution is 0.00482. The highest BCUT2D eigenvalue weighted by Gasteiger charge is 2.26. The molecule has 0 bridgehead atoms. The van der Waals surface area contributed by atoms with E-state index >= 15 is 0 Å². The smallest absolute Gasteiger partial charge is 0.242 e. The van der Waals surface area contributed by atoms with Gasteiger partial charge in [0.05, 0.1) is 36.5 Å². The van der Waals surface area contributed by atoms with Gasteiger partial charge in [0, 0.05) is 6.42 Å². The van der Waals surface area contributed by atoms with Crippen molar-refractivity contribution >= 4 is 26.0 Å². The first-order valence-corrected chi connectivity index (χ1v) is 9.08. The van der Waals surface area contributed by atoms with Gasteiger partial charge in [0.15, 0.2) is 0 Å². The molecule has 0 spiro atoms. The molecule has 0 atom stereocenters. The highest BCUT2D eigenvalue weighted by atomic mass is 79.9. The molecule has 1 aromatic heterocycles. The van der Waals surface area contributed by atoms with Crippen LogP contribution in [0.2, 0.25) is 0 Å². The molecule has 2 heterocycles. The molecular weight excluding hydrogens is 372 g/mol. The summed E-state index contributed by atoms with van der Waals surface area (Å²) in [7, 11) is -3.58. The van der Waals surface area contributed by atoms with E-state index < -0.39 is 10.0 Å². The van der Waals surface area contributed by atoms with Gasteiger partial charge in [0.25, 0.3) is 0 Å². The summed E-state index contributed by atoms with van der Waals surface area (Å²) in [4.78, 5) is 4.18. The second-order valence-electron chi connectivity index (χ2n) is 5.01. The van der Waals surface area contributed by atoms with Crippen LogP contribution in [0, 0.1) is 0 Å². The van der Waals surface area contributed by atoms with Gasteiger partial charge < -0.3 is 9.47 Å². The van der Waals surface area contributed by atoms with Crippen molar-refractivity contribution in [1.29, 1.82) is 0 Å². The molecule has 0 amide bonds. The number of halogens is 1. The van der Waals surface area contributed by atoms with Crippen LogP contribution in [0.3, 0.4) is 0 Å². The van der Waals surface area contributed by atoms with E-state index in [0.717, 1.165) is 6.42 Å². The molecular formula is C14H15BrN2O4S. The number of nitrogens with zero attached hydrogens (tertiary/aromatic N) is 1. The Morgan fingerprint density at radius 2 is 2.23 bits per heavy atom. The van der Waals surface area contributed by atoms with Crippen molar-refractivity contribution in [2.45, 2.75) is 17.4 Å². The summed E-state index contributed by atoms with van der Waals surface area (Å²) in [5.41, 5.74) is 1.22. The van der Waals surface area contributed by atoms with E-state index in [4.69, 9.17) is 9.47 Å². The molecule has 1 aliphatic heterocycles. The Labute approximate surface area is 137 Å². The lowest BCUT2D eigenvalue weighted by atomic mass is 10.1. The fourth-order valence-electron chi connectivity index (χ4n) is 1.92. The van der Waals surface area contributed by atoms with E-state index in [9.17, 15) is 8.42 Å². The van der Waals surface area contributed by atoms with E-state index in [2.05, 4.69) is 25.6 Å². The van der Waals surface area contributed by atoms with Crippen LogP contribution in [0.4, 0.5) is 0 Å². The van der Waals surface area contributed by atoms with E-state index in [1.165, 1.54) is 17.8 Å². The molecule has 0 unspecified atom stereocenters. The van der Waals surface area contributed by atoms with Crippen LogP contribution in [0.1, 0.15) is 6.42 Å². The Balaban J connectivity index is 1.62. The number of ether oxygens (including phenoxy) is 2. The topological polar surface area (TPSA) is 77.5 Å². The predicted molar refractivity (Wildman–Crippen MR) is 84.2 cm³/mol. The molecule has 0 aromatic carbocycles. The van der Waals surface area contributed by atoms with Gasteiger partial charge in [0.1, 0.15) is 4.90 Å².